The summed E-state index contributed by atoms with van der Waals surface area (Å²) in [5, 5.41) is 3.08. The second kappa shape index (κ2) is 7.43. The number of ether oxygens (including phenoxy) is 1. The van der Waals surface area contributed by atoms with Crippen LogP contribution in [0.1, 0.15) is 34.5 Å². The van der Waals surface area contributed by atoms with Gasteiger partial charge in [0.05, 0.1) is 5.39 Å². The van der Waals surface area contributed by atoms with Crippen molar-refractivity contribution in [2.75, 3.05) is 13.1 Å². The van der Waals surface area contributed by atoms with E-state index in [9.17, 15) is 4.79 Å². The van der Waals surface area contributed by atoms with E-state index in [4.69, 9.17) is 10.5 Å². The van der Waals surface area contributed by atoms with Crippen molar-refractivity contribution in [1.82, 2.24) is 9.88 Å². The number of aromatic nitrogens is 1. The molecule has 5 nitrogen and oxygen atoms in total. The third kappa shape index (κ3) is 3.51. The van der Waals surface area contributed by atoms with Gasteiger partial charge in [-0.25, -0.2) is 4.98 Å². The van der Waals surface area contributed by atoms with Gasteiger partial charge in [-0.3, -0.25) is 4.79 Å². The Morgan fingerprint density at radius 3 is 2.86 bits per heavy atom. The van der Waals surface area contributed by atoms with Crippen molar-refractivity contribution in [1.29, 1.82) is 0 Å². The zero-order valence-corrected chi connectivity index (χ0v) is 17.3. The van der Waals surface area contributed by atoms with Crippen LogP contribution in [0, 0.1) is 18.8 Å². The molecular formula is C23H25N3O2S. The van der Waals surface area contributed by atoms with Gasteiger partial charge in [0, 0.05) is 36.5 Å². The SMILES string of the molecule is Cc1cc(OCc2ccc(C(=O)N3CC4CCC(N)C4C3)cc2)c2ccsc2n1. The Labute approximate surface area is 174 Å². The van der Waals surface area contributed by atoms with E-state index < -0.39 is 0 Å². The minimum Gasteiger partial charge on any atom is -0.488 e. The molecule has 6 heteroatoms. The molecule has 2 fully saturated rings. The third-order valence-electron chi connectivity index (χ3n) is 6.32. The molecule has 3 unspecified atom stereocenters. The van der Waals surface area contributed by atoms with Crippen molar-refractivity contribution in [2.45, 2.75) is 32.4 Å². The van der Waals surface area contributed by atoms with E-state index in [0.29, 0.717) is 18.4 Å². The Bertz CT molecular complexity index is 1050. The van der Waals surface area contributed by atoms with Crippen molar-refractivity contribution in [3.8, 4) is 5.75 Å². The van der Waals surface area contributed by atoms with E-state index in [-0.39, 0.29) is 11.9 Å². The molecule has 3 heterocycles. The van der Waals surface area contributed by atoms with E-state index in [0.717, 1.165) is 58.7 Å². The predicted octanol–water partition coefficient (Wildman–Crippen LogP) is 3.99. The van der Waals surface area contributed by atoms with Gasteiger partial charge in [-0.1, -0.05) is 12.1 Å². The molecule has 1 amide bonds. The van der Waals surface area contributed by atoms with Gasteiger partial charge in [-0.05, 0) is 60.7 Å². The highest BCUT2D eigenvalue weighted by Crippen LogP contribution is 2.37. The third-order valence-corrected chi connectivity index (χ3v) is 7.13. The molecule has 1 saturated carbocycles. The minimum atomic E-state index is 0.115. The standard InChI is InChI=1S/C23H25N3O2S/c1-14-10-21(18-8-9-29-22(18)25-14)28-13-15-2-4-16(5-3-15)23(27)26-11-17-6-7-20(24)19(17)12-26/h2-5,8-10,17,19-20H,6-7,11-13,24H2,1H3. The van der Waals surface area contributed by atoms with E-state index in [2.05, 4.69) is 4.98 Å². The number of likely N-dealkylation sites (tertiary alicyclic amines) is 1. The minimum absolute atomic E-state index is 0.115. The lowest BCUT2D eigenvalue weighted by Gasteiger charge is -2.19. The van der Waals surface area contributed by atoms with Crippen LogP contribution in [0.4, 0.5) is 0 Å². The summed E-state index contributed by atoms with van der Waals surface area (Å²) in [4.78, 5) is 20.4. The fraction of sp³-hybridized carbons (Fsp3) is 0.391. The van der Waals surface area contributed by atoms with Crippen LogP contribution < -0.4 is 10.5 Å². The highest BCUT2D eigenvalue weighted by Gasteiger charge is 2.42. The molecule has 3 atom stereocenters. The molecule has 5 rings (SSSR count). The molecule has 0 bridgehead atoms. The van der Waals surface area contributed by atoms with Crippen molar-refractivity contribution in [3.05, 3.63) is 58.6 Å². The molecule has 1 aliphatic carbocycles. The van der Waals surface area contributed by atoms with Crippen LogP contribution in [0.2, 0.25) is 0 Å². The number of amides is 1. The molecule has 2 aromatic heterocycles. The highest BCUT2D eigenvalue weighted by atomic mass is 32.1. The Morgan fingerprint density at radius 2 is 2.07 bits per heavy atom. The summed E-state index contributed by atoms with van der Waals surface area (Å²) in [5.41, 5.74) is 8.93. The van der Waals surface area contributed by atoms with Gasteiger partial charge < -0.3 is 15.4 Å². The first kappa shape index (κ1) is 18.6. The average molecular weight is 408 g/mol. The first-order chi connectivity index (χ1) is 14.1. The van der Waals surface area contributed by atoms with Crippen LogP contribution in [-0.4, -0.2) is 34.9 Å². The Kier molecular flexibility index (Phi) is 4.76. The van der Waals surface area contributed by atoms with Gasteiger partial charge in [0.1, 0.15) is 17.2 Å². The first-order valence-corrected chi connectivity index (χ1v) is 11.1. The van der Waals surface area contributed by atoms with Crippen LogP contribution in [0.15, 0.2) is 41.8 Å². The largest absolute Gasteiger partial charge is 0.488 e. The van der Waals surface area contributed by atoms with E-state index in [1.807, 2.05) is 53.6 Å². The summed E-state index contributed by atoms with van der Waals surface area (Å²) in [6, 6.07) is 12.1. The van der Waals surface area contributed by atoms with E-state index in [1.54, 1.807) is 11.3 Å². The number of pyridine rings is 1. The van der Waals surface area contributed by atoms with Gasteiger partial charge in [0.25, 0.3) is 5.91 Å². The second-order valence-corrected chi connectivity index (χ2v) is 9.16. The van der Waals surface area contributed by atoms with E-state index in [1.165, 1.54) is 0 Å². The van der Waals surface area contributed by atoms with Gasteiger partial charge in [-0.15, -0.1) is 11.3 Å². The van der Waals surface area contributed by atoms with E-state index >= 15 is 0 Å². The lowest BCUT2D eigenvalue weighted by molar-refractivity contribution is 0.0779. The maximum absolute atomic E-state index is 12.9. The number of hydrogen-bond donors (Lipinski definition) is 1. The van der Waals surface area contributed by atoms with Crippen LogP contribution in [0.5, 0.6) is 5.75 Å². The fourth-order valence-corrected chi connectivity index (χ4v) is 5.54. The maximum Gasteiger partial charge on any atom is 0.253 e. The van der Waals surface area contributed by atoms with Gasteiger partial charge in [0.2, 0.25) is 0 Å². The highest BCUT2D eigenvalue weighted by molar-refractivity contribution is 7.16. The molecular weight excluding hydrogens is 382 g/mol. The molecule has 1 saturated heterocycles. The Hall–Kier alpha value is -2.44. The Balaban J connectivity index is 1.25. The molecule has 29 heavy (non-hydrogen) atoms. The monoisotopic (exact) mass is 407 g/mol. The van der Waals surface area contributed by atoms with Crippen molar-refractivity contribution in [2.24, 2.45) is 17.6 Å². The summed E-state index contributed by atoms with van der Waals surface area (Å²) < 4.78 is 6.06. The number of carbonyl (C=O) groups excluding carboxylic acids is 1. The number of aryl methyl sites for hydroxylation is 1. The second-order valence-electron chi connectivity index (χ2n) is 8.26. The number of fused-ring (bicyclic) bond motifs is 2. The number of nitrogens with zero attached hydrogens (tertiary/aromatic N) is 2. The maximum atomic E-state index is 12.9. The molecule has 3 aromatic rings. The van der Waals surface area contributed by atoms with Crippen LogP contribution in [0.3, 0.4) is 0 Å². The zero-order chi connectivity index (χ0) is 20.0. The summed E-state index contributed by atoms with van der Waals surface area (Å²) in [6.07, 6.45) is 2.25. The van der Waals surface area contributed by atoms with Crippen LogP contribution in [-0.2, 0) is 6.61 Å². The lowest BCUT2D eigenvalue weighted by Crippen LogP contribution is -2.33. The van der Waals surface area contributed by atoms with Crippen molar-refractivity contribution in [3.63, 3.8) is 0 Å². The summed E-state index contributed by atoms with van der Waals surface area (Å²) >= 11 is 1.62. The summed E-state index contributed by atoms with van der Waals surface area (Å²) in [7, 11) is 0. The molecule has 2 N–H and O–H groups in total. The molecule has 1 aromatic carbocycles. The summed E-state index contributed by atoms with van der Waals surface area (Å²) in [5.74, 6) is 2.03. The molecule has 2 aliphatic rings. The fourth-order valence-electron chi connectivity index (χ4n) is 4.72. The summed E-state index contributed by atoms with van der Waals surface area (Å²) in [6.45, 7) is 4.09. The number of benzene rings is 1. The molecule has 0 spiro atoms. The van der Waals surface area contributed by atoms with Gasteiger partial charge in [-0.2, -0.15) is 0 Å². The quantitative estimate of drug-likeness (QED) is 0.710. The molecule has 150 valence electrons. The number of rotatable bonds is 4. The average Bonchev–Trinajstić information content (AvgIpc) is 3.43. The first-order valence-electron chi connectivity index (χ1n) is 10.2. The lowest BCUT2D eigenvalue weighted by atomic mass is 9.98. The number of nitrogens with two attached hydrogens (primary N) is 1. The van der Waals surface area contributed by atoms with Gasteiger partial charge in [0.15, 0.2) is 0 Å². The Morgan fingerprint density at radius 1 is 1.24 bits per heavy atom. The van der Waals surface area contributed by atoms with Crippen LogP contribution >= 0.6 is 11.3 Å². The number of thiophene rings is 1. The van der Waals surface area contributed by atoms with Gasteiger partial charge >= 0.3 is 0 Å². The predicted molar refractivity (Wildman–Crippen MR) is 115 cm³/mol. The normalized spacial score (nSPS) is 23.5. The smallest absolute Gasteiger partial charge is 0.253 e. The van der Waals surface area contributed by atoms with Crippen molar-refractivity contribution < 1.29 is 9.53 Å². The molecule has 1 aliphatic heterocycles. The molecule has 0 radical (unpaired) electrons. The van der Waals surface area contributed by atoms with Crippen molar-refractivity contribution >= 4 is 27.5 Å². The zero-order valence-electron chi connectivity index (χ0n) is 16.5. The van der Waals surface area contributed by atoms with Crippen LogP contribution in [0.25, 0.3) is 10.2 Å². The number of hydrogen-bond acceptors (Lipinski definition) is 5. The topological polar surface area (TPSA) is 68.5 Å². The number of carbonyl (C=O) groups is 1.